The molecule has 0 bridgehead atoms. The van der Waals surface area contributed by atoms with Crippen molar-refractivity contribution in [3.63, 3.8) is 0 Å². The molecular weight excluding hydrogens is 248 g/mol. The Bertz CT molecular complexity index is 605. The molecule has 0 aliphatic rings. The molecule has 0 amide bonds. The van der Waals surface area contributed by atoms with Crippen LogP contribution in [0.25, 0.3) is 5.69 Å². The lowest BCUT2D eigenvalue weighted by Gasteiger charge is -2.11. The van der Waals surface area contributed by atoms with Gasteiger partial charge in [0.15, 0.2) is 0 Å². The molecule has 0 unspecified atom stereocenters. The van der Waals surface area contributed by atoms with Crippen molar-refractivity contribution in [2.45, 2.75) is 18.7 Å². The number of benzene rings is 1. The van der Waals surface area contributed by atoms with Crippen molar-refractivity contribution in [3.05, 3.63) is 41.2 Å². The lowest BCUT2D eigenvalue weighted by atomic mass is 10.1. The fraction of sp³-hybridized carbons (Fsp3) is 0.231. The molecule has 0 aliphatic carbocycles. The molecule has 4 nitrogen and oxygen atoms in total. The van der Waals surface area contributed by atoms with Crippen LogP contribution in [0.1, 0.15) is 21.7 Å². The van der Waals surface area contributed by atoms with Gasteiger partial charge in [0.25, 0.3) is 0 Å². The zero-order valence-electron chi connectivity index (χ0n) is 10.5. The minimum absolute atomic E-state index is 0.302. The number of rotatable bonds is 3. The number of aromatic carboxylic acids is 1. The Hall–Kier alpha value is -1.75. The van der Waals surface area contributed by atoms with Crippen LogP contribution in [0.15, 0.2) is 29.2 Å². The van der Waals surface area contributed by atoms with Gasteiger partial charge in [0.2, 0.25) is 0 Å². The normalized spacial score (nSPS) is 10.6. The number of aryl methyl sites for hydroxylation is 2. The van der Waals surface area contributed by atoms with Crippen LogP contribution >= 0.6 is 11.8 Å². The number of carboxylic acid groups (broad SMARTS) is 1. The Balaban J connectivity index is 2.71. The molecule has 0 spiro atoms. The van der Waals surface area contributed by atoms with Crippen molar-refractivity contribution >= 4 is 17.7 Å². The van der Waals surface area contributed by atoms with Gasteiger partial charge in [-0.3, -0.25) is 0 Å². The third-order valence-electron chi connectivity index (χ3n) is 2.68. The van der Waals surface area contributed by atoms with Crippen LogP contribution in [-0.4, -0.2) is 27.1 Å². The Morgan fingerprint density at radius 3 is 2.61 bits per heavy atom. The first-order chi connectivity index (χ1) is 8.54. The Morgan fingerprint density at radius 2 is 2.11 bits per heavy atom. The molecular formula is C13H14N2O2S. The number of hydrogen-bond acceptors (Lipinski definition) is 3. The fourth-order valence-corrected chi connectivity index (χ4v) is 2.56. The second kappa shape index (κ2) is 4.86. The largest absolute Gasteiger partial charge is 0.478 e. The molecule has 0 radical (unpaired) electrons. The van der Waals surface area contributed by atoms with Crippen LogP contribution in [0.5, 0.6) is 0 Å². The highest BCUT2D eigenvalue weighted by Gasteiger charge is 2.17. The van der Waals surface area contributed by atoms with Crippen molar-refractivity contribution < 1.29 is 9.90 Å². The van der Waals surface area contributed by atoms with Gasteiger partial charge in [-0.05, 0) is 38.3 Å². The average Bonchev–Trinajstić information content (AvgIpc) is 2.67. The Morgan fingerprint density at radius 1 is 1.39 bits per heavy atom. The lowest BCUT2D eigenvalue weighted by Crippen LogP contribution is -2.09. The maximum absolute atomic E-state index is 11.4. The van der Waals surface area contributed by atoms with E-state index in [9.17, 15) is 9.90 Å². The molecule has 0 saturated carbocycles. The van der Waals surface area contributed by atoms with Gasteiger partial charge in [-0.15, -0.1) is 11.8 Å². The van der Waals surface area contributed by atoms with Crippen LogP contribution in [0, 0.1) is 13.8 Å². The first-order valence-electron chi connectivity index (χ1n) is 5.48. The number of thioether (sulfide) groups is 1. The van der Waals surface area contributed by atoms with E-state index in [4.69, 9.17) is 0 Å². The molecule has 94 valence electrons. The van der Waals surface area contributed by atoms with Crippen molar-refractivity contribution in [1.29, 1.82) is 0 Å². The predicted octanol–water partition coefficient (Wildman–Crippen LogP) is 2.91. The highest BCUT2D eigenvalue weighted by atomic mass is 32.2. The summed E-state index contributed by atoms with van der Waals surface area (Å²) in [6, 6.07) is 7.37. The summed E-state index contributed by atoms with van der Waals surface area (Å²) in [6.45, 7) is 3.81. The maximum Gasteiger partial charge on any atom is 0.339 e. The van der Waals surface area contributed by atoms with Gasteiger partial charge in [0.1, 0.15) is 0 Å². The van der Waals surface area contributed by atoms with Crippen LogP contribution < -0.4 is 0 Å². The number of hydrogen-bond donors (Lipinski definition) is 1. The topological polar surface area (TPSA) is 55.1 Å². The summed E-state index contributed by atoms with van der Waals surface area (Å²) in [6.07, 6.45) is 1.87. The van der Waals surface area contributed by atoms with Crippen LogP contribution in [0.4, 0.5) is 0 Å². The third-order valence-corrected chi connectivity index (χ3v) is 3.46. The smallest absolute Gasteiger partial charge is 0.339 e. The summed E-state index contributed by atoms with van der Waals surface area (Å²) in [5, 5.41) is 13.7. The van der Waals surface area contributed by atoms with Crippen LogP contribution in [0.2, 0.25) is 0 Å². The molecule has 2 aromatic rings. The van der Waals surface area contributed by atoms with Gasteiger partial charge in [0, 0.05) is 10.6 Å². The number of carboxylic acids is 1. The monoisotopic (exact) mass is 262 g/mol. The standard InChI is InChI=1S/C13H14N2O2S/c1-8-7-9(2)15(14-8)10-5-4-6-11(18-3)12(10)13(16)17/h4-7H,1-3H3,(H,16,17). The summed E-state index contributed by atoms with van der Waals surface area (Å²) in [5.41, 5.74) is 2.71. The van der Waals surface area contributed by atoms with Gasteiger partial charge in [0.05, 0.1) is 16.9 Å². The summed E-state index contributed by atoms with van der Waals surface area (Å²) >= 11 is 1.42. The summed E-state index contributed by atoms with van der Waals surface area (Å²) in [5.74, 6) is -0.928. The van der Waals surface area contributed by atoms with Crippen molar-refractivity contribution in [2.75, 3.05) is 6.26 Å². The minimum atomic E-state index is -0.928. The average molecular weight is 262 g/mol. The second-order valence-electron chi connectivity index (χ2n) is 4.00. The summed E-state index contributed by atoms with van der Waals surface area (Å²) in [4.78, 5) is 12.2. The predicted molar refractivity (Wildman–Crippen MR) is 71.8 cm³/mol. The number of carbonyl (C=O) groups is 1. The first kappa shape index (κ1) is 12.7. The second-order valence-corrected chi connectivity index (χ2v) is 4.85. The molecule has 0 aliphatic heterocycles. The van der Waals surface area contributed by atoms with E-state index in [0.717, 1.165) is 16.3 Å². The zero-order chi connectivity index (χ0) is 13.3. The maximum atomic E-state index is 11.4. The first-order valence-corrected chi connectivity index (χ1v) is 6.71. The Kier molecular flexibility index (Phi) is 3.43. The molecule has 1 heterocycles. The van der Waals surface area contributed by atoms with Gasteiger partial charge >= 0.3 is 5.97 Å². The van der Waals surface area contributed by atoms with Gasteiger partial charge in [-0.2, -0.15) is 5.10 Å². The van der Waals surface area contributed by atoms with E-state index in [1.54, 1.807) is 10.7 Å². The quantitative estimate of drug-likeness (QED) is 0.864. The molecule has 1 N–H and O–H groups in total. The van der Waals surface area contributed by atoms with Gasteiger partial charge in [-0.1, -0.05) is 6.07 Å². The molecule has 18 heavy (non-hydrogen) atoms. The van der Waals surface area contributed by atoms with Gasteiger partial charge in [-0.25, -0.2) is 9.48 Å². The molecule has 1 aromatic heterocycles. The molecule has 1 aromatic carbocycles. The van der Waals surface area contributed by atoms with E-state index in [0.29, 0.717) is 11.3 Å². The number of nitrogens with zero attached hydrogens (tertiary/aromatic N) is 2. The fourth-order valence-electron chi connectivity index (χ4n) is 1.95. The highest BCUT2D eigenvalue weighted by molar-refractivity contribution is 7.98. The third kappa shape index (κ3) is 2.13. The van der Waals surface area contributed by atoms with Crippen molar-refractivity contribution in [1.82, 2.24) is 9.78 Å². The summed E-state index contributed by atoms with van der Waals surface area (Å²) in [7, 11) is 0. The van der Waals surface area contributed by atoms with E-state index in [-0.39, 0.29) is 0 Å². The van der Waals surface area contributed by atoms with Crippen molar-refractivity contribution in [3.8, 4) is 5.69 Å². The lowest BCUT2D eigenvalue weighted by molar-refractivity contribution is 0.0693. The van der Waals surface area contributed by atoms with Crippen molar-refractivity contribution in [2.24, 2.45) is 0 Å². The van der Waals surface area contributed by atoms with E-state index < -0.39 is 5.97 Å². The molecule has 5 heteroatoms. The molecule has 0 fully saturated rings. The van der Waals surface area contributed by atoms with E-state index >= 15 is 0 Å². The van der Waals surface area contributed by atoms with E-state index in [2.05, 4.69) is 5.10 Å². The van der Waals surface area contributed by atoms with Crippen LogP contribution in [0.3, 0.4) is 0 Å². The molecule has 2 rings (SSSR count). The van der Waals surface area contributed by atoms with E-state index in [1.807, 2.05) is 38.3 Å². The zero-order valence-corrected chi connectivity index (χ0v) is 11.3. The Labute approximate surface area is 110 Å². The molecule has 0 saturated heterocycles. The molecule has 0 atom stereocenters. The van der Waals surface area contributed by atoms with E-state index in [1.165, 1.54) is 11.8 Å². The van der Waals surface area contributed by atoms with Crippen LogP contribution in [-0.2, 0) is 0 Å². The van der Waals surface area contributed by atoms with Gasteiger partial charge < -0.3 is 5.11 Å². The number of aromatic nitrogens is 2. The highest BCUT2D eigenvalue weighted by Crippen LogP contribution is 2.26. The summed E-state index contributed by atoms with van der Waals surface area (Å²) < 4.78 is 1.68. The minimum Gasteiger partial charge on any atom is -0.478 e. The SMILES string of the molecule is CSc1cccc(-n2nc(C)cc2C)c1C(=O)O.